The molecule has 90 valence electrons. The van der Waals surface area contributed by atoms with E-state index in [0.717, 1.165) is 38.8 Å². The Morgan fingerprint density at radius 2 is 1.50 bits per heavy atom. The summed E-state index contributed by atoms with van der Waals surface area (Å²) in [6.07, 6.45) is 6.30. The molecule has 2 aliphatic rings. The minimum atomic E-state index is 0.202. The molecule has 0 aromatic heterocycles. The Kier molecular flexibility index (Phi) is 3.62. The van der Waals surface area contributed by atoms with Gasteiger partial charge in [-0.3, -0.25) is 9.59 Å². The highest BCUT2D eigenvalue weighted by atomic mass is 16.2. The molecule has 1 heterocycles. The van der Waals surface area contributed by atoms with E-state index < -0.39 is 0 Å². The molecule has 0 radical (unpaired) electrons. The van der Waals surface area contributed by atoms with Crippen molar-refractivity contribution < 1.29 is 9.59 Å². The molecule has 16 heavy (non-hydrogen) atoms. The first-order chi connectivity index (χ1) is 7.68. The van der Waals surface area contributed by atoms with E-state index in [1.165, 1.54) is 12.8 Å². The van der Waals surface area contributed by atoms with Gasteiger partial charge in [-0.1, -0.05) is 12.8 Å². The Bertz CT molecular complexity index is 274. The van der Waals surface area contributed by atoms with Crippen molar-refractivity contribution in [1.82, 2.24) is 4.90 Å². The molecule has 0 spiro atoms. The molecule has 0 aromatic rings. The predicted octanol–water partition coefficient (Wildman–Crippen LogP) is 2.00. The van der Waals surface area contributed by atoms with Gasteiger partial charge in [0, 0.05) is 24.9 Å². The van der Waals surface area contributed by atoms with Gasteiger partial charge in [0.1, 0.15) is 5.78 Å². The average molecular weight is 223 g/mol. The molecular formula is C13H21NO2. The maximum atomic E-state index is 12.1. The average Bonchev–Trinajstić information content (AvgIpc) is 2.81. The Morgan fingerprint density at radius 3 is 2.00 bits per heavy atom. The first-order valence-electron chi connectivity index (χ1n) is 6.47. The molecule has 2 fully saturated rings. The predicted molar refractivity (Wildman–Crippen MR) is 61.9 cm³/mol. The molecule has 1 aliphatic carbocycles. The number of hydrogen-bond donors (Lipinski definition) is 0. The summed E-state index contributed by atoms with van der Waals surface area (Å²) in [5, 5.41) is 0. The Balaban J connectivity index is 1.84. The quantitative estimate of drug-likeness (QED) is 0.718. The van der Waals surface area contributed by atoms with Crippen LogP contribution in [0.2, 0.25) is 0 Å². The molecule has 3 nitrogen and oxygen atoms in total. The van der Waals surface area contributed by atoms with Crippen LogP contribution in [0.4, 0.5) is 0 Å². The fraction of sp³-hybridized carbons (Fsp3) is 0.846. The van der Waals surface area contributed by atoms with E-state index in [2.05, 4.69) is 0 Å². The van der Waals surface area contributed by atoms with Crippen LogP contribution >= 0.6 is 0 Å². The van der Waals surface area contributed by atoms with Gasteiger partial charge in [0.15, 0.2) is 0 Å². The van der Waals surface area contributed by atoms with Crippen molar-refractivity contribution in [2.45, 2.75) is 45.4 Å². The van der Waals surface area contributed by atoms with Crippen LogP contribution in [0.5, 0.6) is 0 Å². The van der Waals surface area contributed by atoms with Crippen LogP contribution < -0.4 is 0 Å². The smallest absolute Gasteiger partial charge is 0.225 e. The fourth-order valence-corrected chi connectivity index (χ4v) is 2.94. The van der Waals surface area contributed by atoms with Crippen molar-refractivity contribution in [3.05, 3.63) is 0 Å². The summed E-state index contributed by atoms with van der Waals surface area (Å²) in [6, 6.07) is 0. The summed E-state index contributed by atoms with van der Waals surface area (Å²) in [7, 11) is 0. The summed E-state index contributed by atoms with van der Waals surface area (Å²) < 4.78 is 0. The van der Waals surface area contributed by atoms with Crippen molar-refractivity contribution in [2.75, 3.05) is 13.1 Å². The maximum Gasteiger partial charge on any atom is 0.225 e. The van der Waals surface area contributed by atoms with E-state index in [9.17, 15) is 9.59 Å². The Morgan fingerprint density at radius 1 is 0.938 bits per heavy atom. The van der Waals surface area contributed by atoms with Crippen molar-refractivity contribution >= 4 is 11.7 Å². The lowest BCUT2D eigenvalue weighted by molar-refractivity contribution is -0.138. The largest absolute Gasteiger partial charge is 0.342 e. The molecule has 1 saturated heterocycles. The number of likely N-dealkylation sites (tertiary alicyclic amines) is 1. The summed E-state index contributed by atoms with van der Waals surface area (Å²) in [5.41, 5.74) is 0. The van der Waals surface area contributed by atoms with E-state index in [1.807, 2.05) is 4.90 Å². The molecule has 0 N–H and O–H groups in total. The summed E-state index contributed by atoms with van der Waals surface area (Å²) in [5.74, 6) is 1.12. The molecule has 3 heteroatoms. The van der Waals surface area contributed by atoms with Crippen molar-refractivity contribution in [1.29, 1.82) is 0 Å². The molecule has 1 saturated carbocycles. The number of nitrogens with zero attached hydrogens (tertiary/aromatic N) is 1. The number of Topliss-reactive ketones (excluding diaryl/α,β-unsaturated/α-hetero) is 1. The van der Waals surface area contributed by atoms with Crippen molar-refractivity contribution in [3.8, 4) is 0 Å². The van der Waals surface area contributed by atoms with Gasteiger partial charge in [-0.15, -0.1) is 0 Å². The van der Waals surface area contributed by atoms with Gasteiger partial charge in [-0.2, -0.15) is 0 Å². The van der Waals surface area contributed by atoms with Crippen LogP contribution in [0.25, 0.3) is 0 Å². The number of piperidine rings is 1. The van der Waals surface area contributed by atoms with Gasteiger partial charge in [-0.05, 0) is 32.6 Å². The summed E-state index contributed by atoms with van der Waals surface area (Å²) >= 11 is 0. The third-order valence-corrected chi connectivity index (χ3v) is 4.09. The minimum absolute atomic E-state index is 0.202. The topological polar surface area (TPSA) is 37.4 Å². The SMILES string of the molecule is CC(=O)C1CCN(C(=O)C2CCCC2)CC1. The number of carbonyl (C=O) groups is 2. The Labute approximate surface area is 97.2 Å². The standard InChI is InChI=1S/C13H21NO2/c1-10(15)11-6-8-14(9-7-11)13(16)12-4-2-3-5-12/h11-12H,2-9H2,1H3. The van der Waals surface area contributed by atoms with Crippen LogP contribution in [0.15, 0.2) is 0 Å². The first-order valence-corrected chi connectivity index (χ1v) is 6.47. The van der Waals surface area contributed by atoms with E-state index in [1.54, 1.807) is 6.92 Å². The molecule has 0 unspecified atom stereocenters. The van der Waals surface area contributed by atoms with E-state index in [4.69, 9.17) is 0 Å². The zero-order valence-corrected chi connectivity index (χ0v) is 10.1. The van der Waals surface area contributed by atoms with Gasteiger partial charge in [0.05, 0.1) is 0 Å². The summed E-state index contributed by atoms with van der Waals surface area (Å²) in [6.45, 7) is 3.25. The molecule has 1 aliphatic heterocycles. The first kappa shape index (κ1) is 11.6. The summed E-state index contributed by atoms with van der Waals surface area (Å²) in [4.78, 5) is 25.3. The van der Waals surface area contributed by atoms with Crippen LogP contribution in [-0.4, -0.2) is 29.7 Å². The number of ketones is 1. The lowest BCUT2D eigenvalue weighted by atomic mass is 9.92. The van der Waals surface area contributed by atoms with Gasteiger partial charge in [0.25, 0.3) is 0 Å². The van der Waals surface area contributed by atoms with Gasteiger partial charge >= 0.3 is 0 Å². The second-order valence-corrected chi connectivity index (χ2v) is 5.19. The zero-order valence-electron chi connectivity index (χ0n) is 10.1. The molecule has 0 atom stereocenters. The monoisotopic (exact) mass is 223 g/mol. The van der Waals surface area contributed by atoms with Gasteiger partial charge in [0.2, 0.25) is 5.91 Å². The normalized spacial score (nSPS) is 23.7. The van der Waals surface area contributed by atoms with Crippen LogP contribution in [-0.2, 0) is 9.59 Å². The fourth-order valence-electron chi connectivity index (χ4n) is 2.94. The van der Waals surface area contributed by atoms with Crippen LogP contribution in [0.3, 0.4) is 0 Å². The van der Waals surface area contributed by atoms with Crippen LogP contribution in [0, 0.1) is 11.8 Å². The lowest BCUT2D eigenvalue weighted by Gasteiger charge is -2.32. The highest BCUT2D eigenvalue weighted by Gasteiger charge is 2.30. The minimum Gasteiger partial charge on any atom is -0.342 e. The third kappa shape index (κ3) is 2.45. The van der Waals surface area contributed by atoms with Gasteiger partial charge in [-0.25, -0.2) is 0 Å². The lowest BCUT2D eigenvalue weighted by Crippen LogP contribution is -2.42. The second kappa shape index (κ2) is 4.98. The van der Waals surface area contributed by atoms with E-state index in [0.29, 0.717) is 5.91 Å². The zero-order chi connectivity index (χ0) is 11.5. The molecule has 2 rings (SSSR count). The highest BCUT2D eigenvalue weighted by molar-refractivity contribution is 5.81. The maximum absolute atomic E-state index is 12.1. The number of carbonyl (C=O) groups excluding carboxylic acids is 2. The van der Waals surface area contributed by atoms with Crippen molar-refractivity contribution in [3.63, 3.8) is 0 Å². The van der Waals surface area contributed by atoms with Crippen molar-refractivity contribution in [2.24, 2.45) is 11.8 Å². The molecule has 0 aromatic carbocycles. The second-order valence-electron chi connectivity index (χ2n) is 5.19. The third-order valence-electron chi connectivity index (χ3n) is 4.09. The Hall–Kier alpha value is -0.860. The number of amides is 1. The van der Waals surface area contributed by atoms with Gasteiger partial charge < -0.3 is 4.90 Å². The molecular weight excluding hydrogens is 202 g/mol. The molecule has 1 amide bonds. The number of rotatable bonds is 2. The highest BCUT2D eigenvalue weighted by Crippen LogP contribution is 2.28. The van der Waals surface area contributed by atoms with E-state index in [-0.39, 0.29) is 17.6 Å². The molecule has 0 bridgehead atoms. The number of hydrogen-bond acceptors (Lipinski definition) is 2. The van der Waals surface area contributed by atoms with Crippen LogP contribution in [0.1, 0.15) is 45.4 Å². The van der Waals surface area contributed by atoms with E-state index >= 15 is 0 Å².